The van der Waals surface area contributed by atoms with Crippen LogP contribution in [0.4, 0.5) is 0 Å². The van der Waals surface area contributed by atoms with Crippen LogP contribution in [0.5, 0.6) is 0 Å². The molecular formula is C18H29N3O4. The smallest absolute Gasteiger partial charge is 0.291 e. The van der Waals surface area contributed by atoms with Gasteiger partial charge in [0, 0.05) is 39.2 Å². The predicted octanol–water partition coefficient (Wildman–Crippen LogP) is 2.25. The molecule has 1 aliphatic heterocycles. The van der Waals surface area contributed by atoms with E-state index in [9.17, 15) is 9.59 Å². The van der Waals surface area contributed by atoms with E-state index >= 15 is 0 Å². The summed E-state index contributed by atoms with van der Waals surface area (Å²) in [4.78, 5) is 33.0. The minimum absolute atomic E-state index is 0.0287. The summed E-state index contributed by atoms with van der Waals surface area (Å²) in [6, 6.07) is 0.0709. The largest absolute Gasteiger partial charge is 0.436 e. The Bertz CT molecular complexity index is 581. The Labute approximate surface area is 149 Å². The van der Waals surface area contributed by atoms with Crippen molar-refractivity contribution in [1.82, 2.24) is 14.8 Å². The number of hydrogen-bond donors (Lipinski definition) is 0. The van der Waals surface area contributed by atoms with Gasteiger partial charge in [-0.2, -0.15) is 0 Å². The highest BCUT2D eigenvalue weighted by atomic mass is 16.5. The Morgan fingerprint density at radius 1 is 1.36 bits per heavy atom. The van der Waals surface area contributed by atoms with Gasteiger partial charge in [0.1, 0.15) is 6.10 Å². The third-order valence-electron chi connectivity index (χ3n) is 4.56. The number of aryl methyl sites for hydroxylation is 1. The third kappa shape index (κ3) is 4.81. The van der Waals surface area contributed by atoms with Crippen LogP contribution >= 0.6 is 0 Å². The number of carbonyl (C=O) groups excluding carboxylic acids is 2. The molecule has 0 aliphatic carbocycles. The number of rotatable bonds is 6. The maximum absolute atomic E-state index is 12.9. The SMILES string of the molecule is CCCC(OCC)C(=O)N1CCN(C(=O)c2cnc(C)o2)CCC1C. The lowest BCUT2D eigenvalue weighted by atomic mass is 10.1. The van der Waals surface area contributed by atoms with E-state index in [1.54, 1.807) is 11.8 Å². The molecule has 2 rings (SSSR count). The van der Waals surface area contributed by atoms with Crippen molar-refractivity contribution in [3.63, 3.8) is 0 Å². The summed E-state index contributed by atoms with van der Waals surface area (Å²) in [6.45, 7) is 9.80. The standard InChI is InChI=1S/C18H29N3O4/c1-5-7-15(24-6-2)18(23)21-11-10-20(9-8-13(21)3)17(22)16-12-19-14(4)25-16/h12-13,15H,5-11H2,1-4H3. The molecule has 0 aromatic carbocycles. The van der Waals surface area contributed by atoms with Crippen LogP contribution in [0, 0.1) is 6.92 Å². The van der Waals surface area contributed by atoms with Gasteiger partial charge in [0.25, 0.3) is 11.8 Å². The highest BCUT2D eigenvalue weighted by molar-refractivity contribution is 5.91. The molecular weight excluding hydrogens is 322 g/mol. The fraction of sp³-hybridized carbons (Fsp3) is 0.722. The van der Waals surface area contributed by atoms with Gasteiger partial charge in [-0.05, 0) is 26.7 Å². The lowest BCUT2D eigenvalue weighted by Crippen LogP contribution is -2.46. The number of amides is 2. The summed E-state index contributed by atoms with van der Waals surface area (Å²) in [5, 5.41) is 0. The molecule has 2 heterocycles. The van der Waals surface area contributed by atoms with E-state index in [2.05, 4.69) is 4.98 Å². The second kappa shape index (κ2) is 8.99. The van der Waals surface area contributed by atoms with Crippen molar-refractivity contribution in [2.24, 2.45) is 0 Å². The monoisotopic (exact) mass is 351 g/mol. The van der Waals surface area contributed by atoms with E-state index in [0.29, 0.717) is 32.1 Å². The molecule has 0 bridgehead atoms. The molecule has 0 spiro atoms. The van der Waals surface area contributed by atoms with Gasteiger partial charge in [0.2, 0.25) is 5.76 Å². The van der Waals surface area contributed by atoms with E-state index in [-0.39, 0.29) is 23.6 Å². The van der Waals surface area contributed by atoms with E-state index in [1.165, 1.54) is 6.20 Å². The Morgan fingerprint density at radius 2 is 2.12 bits per heavy atom. The van der Waals surface area contributed by atoms with Gasteiger partial charge in [0.05, 0.1) is 6.20 Å². The van der Waals surface area contributed by atoms with Crippen LogP contribution < -0.4 is 0 Å². The van der Waals surface area contributed by atoms with Crippen molar-refractivity contribution in [2.75, 3.05) is 26.2 Å². The molecule has 0 saturated carbocycles. The summed E-state index contributed by atoms with van der Waals surface area (Å²) >= 11 is 0. The van der Waals surface area contributed by atoms with Crippen molar-refractivity contribution < 1.29 is 18.7 Å². The molecule has 1 saturated heterocycles. The molecule has 1 aromatic rings. The van der Waals surface area contributed by atoms with Crippen LogP contribution in [-0.2, 0) is 9.53 Å². The zero-order chi connectivity index (χ0) is 18.4. The average Bonchev–Trinajstić information content (AvgIpc) is 2.93. The van der Waals surface area contributed by atoms with Crippen molar-refractivity contribution in [3.8, 4) is 0 Å². The minimum Gasteiger partial charge on any atom is -0.436 e. The molecule has 7 nitrogen and oxygen atoms in total. The van der Waals surface area contributed by atoms with Gasteiger partial charge >= 0.3 is 0 Å². The first kappa shape index (κ1) is 19.4. The van der Waals surface area contributed by atoms with Crippen LogP contribution in [-0.4, -0.2) is 65.0 Å². The van der Waals surface area contributed by atoms with Gasteiger partial charge < -0.3 is 19.0 Å². The highest BCUT2D eigenvalue weighted by Crippen LogP contribution is 2.17. The fourth-order valence-corrected chi connectivity index (χ4v) is 3.13. The molecule has 2 amide bonds. The minimum atomic E-state index is -0.392. The number of ether oxygens (including phenoxy) is 1. The number of aromatic nitrogens is 1. The molecule has 0 radical (unpaired) electrons. The average molecular weight is 351 g/mol. The van der Waals surface area contributed by atoms with Crippen LogP contribution in [0.1, 0.15) is 56.5 Å². The zero-order valence-corrected chi connectivity index (χ0v) is 15.7. The van der Waals surface area contributed by atoms with Gasteiger partial charge in [-0.15, -0.1) is 0 Å². The molecule has 140 valence electrons. The van der Waals surface area contributed by atoms with Crippen molar-refractivity contribution >= 4 is 11.8 Å². The molecule has 1 aromatic heterocycles. The van der Waals surface area contributed by atoms with E-state index < -0.39 is 6.10 Å². The van der Waals surface area contributed by atoms with Crippen LogP contribution in [0.15, 0.2) is 10.6 Å². The maximum atomic E-state index is 12.9. The van der Waals surface area contributed by atoms with E-state index in [1.807, 2.05) is 25.7 Å². The molecule has 1 aliphatic rings. The predicted molar refractivity (Wildman–Crippen MR) is 93.3 cm³/mol. The summed E-state index contributed by atoms with van der Waals surface area (Å²) in [6.07, 6.45) is 3.41. The number of hydrogen-bond acceptors (Lipinski definition) is 5. The third-order valence-corrected chi connectivity index (χ3v) is 4.56. The van der Waals surface area contributed by atoms with Crippen LogP contribution in [0.3, 0.4) is 0 Å². The normalized spacial score (nSPS) is 19.6. The maximum Gasteiger partial charge on any atom is 0.291 e. The topological polar surface area (TPSA) is 75.9 Å². The fourth-order valence-electron chi connectivity index (χ4n) is 3.13. The first-order valence-corrected chi connectivity index (χ1v) is 9.11. The molecule has 2 unspecified atom stereocenters. The number of oxazole rings is 1. The Morgan fingerprint density at radius 3 is 2.72 bits per heavy atom. The summed E-state index contributed by atoms with van der Waals surface area (Å²) in [7, 11) is 0. The van der Waals surface area contributed by atoms with Crippen molar-refractivity contribution in [3.05, 3.63) is 17.8 Å². The number of carbonyl (C=O) groups is 2. The van der Waals surface area contributed by atoms with Crippen LogP contribution in [0.25, 0.3) is 0 Å². The van der Waals surface area contributed by atoms with Crippen LogP contribution in [0.2, 0.25) is 0 Å². The van der Waals surface area contributed by atoms with E-state index in [0.717, 1.165) is 19.3 Å². The first-order valence-electron chi connectivity index (χ1n) is 9.11. The molecule has 0 N–H and O–H groups in total. The lowest BCUT2D eigenvalue weighted by molar-refractivity contribution is -0.145. The highest BCUT2D eigenvalue weighted by Gasteiger charge is 2.32. The first-order chi connectivity index (χ1) is 12.0. The molecule has 2 atom stereocenters. The summed E-state index contributed by atoms with van der Waals surface area (Å²) in [5.41, 5.74) is 0. The van der Waals surface area contributed by atoms with Crippen molar-refractivity contribution in [1.29, 1.82) is 0 Å². The molecule has 7 heteroatoms. The van der Waals surface area contributed by atoms with Gasteiger partial charge in [-0.3, -0.25) is 9.59 Å². The Hall–Kier alpha value is -1.89. The van der Waals surface area contributed by atoms with Gasteiger partial charge in [-0.25, -0.2) is 4.98 Å². The zero-order valence-electron chi connectivity index (χ0n) is 15.7. The molecule has 25 heavy (non-hydrogen) atoms. The van der Waals surface area contributed by atoms with Gasteiger partial charge in [0.15, 0.2) is 5.89 Å². The Kier molecular flexibility index (Phi) is 6.99. The summed E-state index contributed by atoms with van der Waals surface area (Å²) in [5.74, 6) is 0.587. The Balaban J connectivity index is 2.04. The molecule has 1 fully saturated rings. The second-order valence-electron chi connectivity index (χ2n) is 6.44. The summed E-state index contributed by atoms with van der Waals surface area (Å²) < 4.78 is 11.0. The van der Waals surface area contributed by atoms with Crippen molar-refractivity contribution in [2.45, 2.75) is 59.1 Å². The van der Waals surface area contributed by atoms with Gasteiger partial charge in [-0.1, -0.05) is 13.3 Å². The van der Waals surface area contributed by atoms with E-state index in [4.69, 9.17) is 9.15 Å². The lowest BCUT2D eigenvalue weighted by Gasteiger charge is -2.30. The number of nitrogens with zero attached hydrogens (tertiary/aromatic N) is 3. The second-order valence-corrected chi connectivity index (χ2v) is 6.44. The quantitative estimate of drug-likeness (QED) is 0.786.